The quantitative estimate of drug-likeness (QED) is 0.490. The van der Waals surface area contributed by atoms with Gasteiger partial charge in [-0.15, -0.1) is 0 Å². The highest BCUT2D eigenvalue weighted by atomic mass is 79.9. The molecule has 1 aliphatic rings. The summed E-state index contributed by atoms with van der Waals surface area (Å²) in [6.45, 7) is 4.22. The molecule has 0 unspecified atom stereocenters. The minimum atomic E-state index is -0.611. The van der Waals surface area contributed by atoms with Crippen LogP contribution in [0.2, 0.25) is 0 Å². The van der Waals surface area contributed by atoms with Crippen LogP contribution in [0.25, 0.3) is 6.08 Å². The molecule has 1 heterocycles. The topological polar surface area (TPSA) is 9.23 Å². The Bertz CT molecular complexity index is 903. The number of hydrogen-bond acceptors (Lipinski definition) is 1. The monoisotopic (exact) mass is 390 g/mol. The molecule has 3 aromatic rings. The summed E-state index contributed by atoms with van der Waals surface area (Å²) < 4.78 is 7.87. The second kappa shape index (κ2) is 6.20. The van der Waals surface area contributed by atoms with Crippen molar-refractivity contribution in [2.24, 2.45) is 0 Å². The number of aryl methyl sites for hydroxylation is 1. The third kappa shape index (κ3) is 2.61. The van der Waals surface area contributed by atoms with Gasteiger partial charge in [-0.3, -0.25) is 0 Å². The molecule has 3 aromatic carbocycles. The Morgan fingerprint density at radius 3 is 1.96 bits per heavy atom. The first-order chi connectivity index (χ1) is 12.1. The van der Waals surface area contributed by atoms with E-state index in [0.717, 1.165) is 32.5 Å². The van der Waals surface area contributed by atoms with Crippen LogP contribution in [0, 0.1) is 13.8 Å². The summed E-state index contributed by atoms with van der Waals surface area (Å²) >= 11 is 3.65. The van der Waals surface area contributed by atoms with E-state index in [-0.39, 0.29) is 0 Å². The second-order valence-corrected chi connectivity index (χ2v) is 7.30. The molecule has 0 fully saturated rings. The highest BCUT2D eigenvalue weighted by Crippen LogP contribution is 2.45. The first-order valence-corrected chi connectivity index (χ1v) is 9.20. The molecule has 0 amide bonds. The SMILES string of the molecule is Cc1cc(Br)c(C)c2c1OC(c1ccccc1)(c1ccccc1)C=C2. The molecule has 0 N–H and O–H groups in total. The van der Waals surface area contributed by atoms with Gasteiger partial charge in [-0.1, -0.05) is 82.7 Å². The highest BCUT2D eigenvalue weighted by molar-refractivity contribution is 9.10. The maximum atomic E-state index is 6.75. The molecule has 1 nitrogen and oxygen atoms in total. The molecule has 0 bridgehead atoms. The Kier molecular flexibility index (Phi) is 4.01. The lowest BCUT2D eigenvalue weighted by Gasteiger charge is -2.37. The third-order valence-corrected chi connectivity index (χ3v) is 5.68. The van der Waals surface area contributed by atoms with Gasteiger partial charge in [0.2, 0.25) is 0 Å². The van der Waals surface area contributed by atoms with Gasteiger partial charge in [0.25, 0.3) is 0 Å². The van der Waals surface area contributed by atoms with Crippen LogP contribution in [0.3, 0.4) is 0 Å². The van der Waals surface area contributed by atoms with E-state index >= 15 is 0 Å². The fourth-order valence-corrected chi connectivity index (χ4v) is 4.01. The van der Waals surface area contributed by atoms with E-state index in [0.29, 0.717) is 0 Å². The smallest absolute Gasteiger partial charge is 0.178 e. The molecule has 0 radical (unpaired) electrons. The molecule has 2 heteroatoms. The van der Waals surface area contributed by atoms with E-state index < -0.39 is 5.60 Å². The van der Waals surface area contributed by atoms with Crippen molar-refractivity contribution in [3.63, 3.8) is 0 Å². The molecule has 4 rings (SSSR count). The average molecular weight is 391 g/mol. The predicted octanol–water partition coefficient (Wildman–Crippen LogP) is 6.42. The molecule has 0 spiro atoms. The normalized spacial score (nSPS) is 14.7. The lowest BCUT2D eigenvalue weighted by atomic mass is 9.83. The fourth-order valence-electron chi connectivity index (χ4n) is 3.46. The van der Waals surface area contributed by atoms with E-state index in [1.165, 1.54) is 5.56 Å². The molecular formula is C23H19BrO. The summed E-state index contributed by atoms with van der Waals surface area (Å²) in [6, 6.07) is 23.0. The fraction of sp³-hybridized carbons (Fsp3) is 0.130. The Morgan fingerprint density at radius 2 is 1.40 bits per heavy atom. The zero-order chi connectivity index (χ0) is 17.4. The Morgan fingerprint density at radius 1 is 0.840 bits per heavy atom. The van der Waals surface area contributed by atoms with Crippen molar-refractivity contribution in [2.45, 2.75) is 19.4 Å². The van der Waals surface area contributed by atoms with Gasteiger partial charge in [-0.2, -0.15) is 0 Å². The van der Waals surface area contributed by atoms with Crippen molar-refractivity contribution in [1.82, 2.24) is 0 Å². The van der Waals surface area contributed by atoms with Crippen molar-refractivity contribution < 1.29 is 4.74 Å². The first kappa shape index (κ1) is 16.2. The minimum Gasteiger partial charge on any atom is -0.473 e. The number of benzene rings is 3. The molecule has 25 heavy (non-hydrogen) atoms. The summed E-state index contributed by atoms with van der Waals surface area (Å²) in [5, 5.41) is 0. The van der Waals surface area contributed by atoms with E-state index in [9.17, 15) is 0 Å². The number of rotatable bonds is 2. The second-order valence-electron chi connectivity index (χ2n) is 6.45. The van der Waals surface area contributed by atoms with Gasteiger partial charge in [-0.25, -0.2) is 0 Å². The van der Waals surface area contributed by atoms with Crippen LogP contribution in [0.1, 0.15) is 27.8 Å². The van der Waals surface area contributed by atoms with Gasteiger partial charge < -0.3 is 4.74 Å². The summed E-state index contributed by atoms with van der Waals surface area (Å²) in [6.07, 6.45) is 4.38. The summed E-state index contributed by atoms with van der Waals surface area (Å²) in [4.78, 5) is 0. The molecule has 0 saturated carbocycles. The molecule has 0 atom stereocenters. The molecule has 0 aliphatic carbocycles. The molecule has 0 aromatic heterocycles. The standard InChI is InChI=1S/C23H19BrO/c1-16-15-21(24)17(2)20-13-14-23(25-22(16)20,18-9-5-3-6-10-18)19-11-7-4-8-12-19/h3-15H,1-2H3. The summed E-state index contributed by atoms with van der Waals surface area (Å²) in [7, 11) is 0. The van der Waals surface area contributed by atoms with E-state index in [4.69, 9.17) is 4.74 Å². The number of halogens is 1. The van der Waals surface area contributed by atoms with Crippen LogP contribution < -0.4 is 4.74 Å². The first-order valence-electron chi connectivity index (χ1n) is 8.41. The molecule has 1 aliphatic heterocycles. The van der Waals surface area contributed by atoms with Crippen molar-refractivity contribution in [3.05, 3.63) is 105 Å². The van der Waals surface area contributed by atoms with Crippen molar-refractivity contribution in [3.8, 4) is 5.75 Å². The Hall–Kier alpha value is -2.32. The minimum absolute atomic E-state index is 0.611. The van der Waals surface area contributed by atoms with E-state index in [1.54, 1.807) is 0 Å². The van der Waals surface area contributed by atoms with Crippen LogP contribution in [0.15, 0.2) is 77.3 Å². The molecular weight excluding hydrogens is 372 g/mol. The van der Waals surface area contributed by atoms with Crippen molar-refractivity contribution >= 4 is 22.0 Å². The van der Waals surface area contributed by atoms with E-state index in [2.05, 4.69) is 96.5 Å². The van der Waals surface area contributed by atoms with Gasteiger partial charge in [0.1, 0.15) is 5.75 Å². The molecule has 124 valence electrons. The third-order valence-electron chi connectivity index (χ3n) is 4.86. The largest absolute Gasteiger partial charge is 0.473 e. The summed E-state index contributed by atoms with van der Waals surface area (Å²) in [5.74, 6) is 0.955. The van der Waals surface area contributed by atoms with Crippen molar-refractivity contribution in [2.75, 3.05) is 0 Å². The zero-order valence-corrected chi connectivity index (χ0v) is 15.9. The van der Waals surface area contributed by atoms with E-state index in [1.807, 2.05) is 12.1 Å². The zero-order valence-electron chi connectivity index (χ0n) is 14.3. The van der Waals surface area contributed by atoms with Gasteiger partial charge in [0.05, 0.1) is 0 Å². The lowest BCUT2D eigenvalue weighted by molar-refractivity contribution is 0.159. The molecule has 0 saturated heterocycles. The number of fused-ring (bicyclic) bond motifs is 1. The lowest BCUT2D eigenvalue weighted by Crippen LogP contribution is -2.34. The Balaban J connectivity index is 1.97. The van der Waals surface area contributed by atoms with Crippen LogP contribution >= 0.6 is 15.9 Å². The van der Waals surface area contributed by atoms with Crippen LogP contribution in [0.4, 0.5) is 0 Å². The average Bonchev–Trinajstić information content (AvgIpc) is 2.67. The predicted molar refractivity (Wildman–Crippen MR) is 107 cm³/mol. The number of ether oxygens (including phenoxy) is 1. The Labute approximate surface area is 157 Å². The van der Waals surface area contributed by atoms with Gasteiger partial charge in [0, 0.05) is 21.2 Å². The van der Waals surface area contributed by atoms with Gasteiger partial charge in [-0.05, 0) is 37.1 Å². The maximum Gasteiger partial charge on any atom is 0.178 e. The van der Waals surface area contributed by atoms with Gasteiger partial charge >= 0.3 is 0 Å². The van der Waals surface area contributed by atoms with Crippen LogP contribution in [-0.4, -0.2) is 0 Å². The highest BCUT2D eigenvalue weighted by Gasteiger charge is 2.37. The van der Waals surface area contributed by atoms with Crippen LogP contribution in [0.5, 0.6) is 5.75 Å². The number of hydrogen-bond donors (Lipinski definition) is 0. The summed E-state index contributed by atoms with van der Waals surface area (Å²) in [5.41, 5.74) is 5.13. The van der Waals surface area contributed by atoms with Gasteiger partial charge in [0.15, 0.2) is 5.60 Å². The maximum absolute atomic E-state index is 6.75. The van der Waals surface area contributed by atoms with Crippen LogP contribution in [-0.2, 0) is 5.60 Å². The van der Waals surface area contributed by atoms with Crippen molar-refractivity contribution in [1.29, 1.82) is 0 Å².